The molecule has 1 amide bonds. The molecule has 0 saturated heterocycles. The van der Waals surface area contributed by atoms with Crippen molar-refractivity contribution in [3.63, 3.8) is 0 Å². The number of benzene rings is 1. The maximum absolute atomic E-state index is 12.4. The second-order valence-electron chi connectivity index (χ2n) is 13.5. The number of hydrogen-bond donors (Lipinski definition) is 2. The number of unbranched alkanes of at least 4 members (excludes halogenated alkanes) is 18. The second-order valence-corrected chi connectivity index (χ2v) is 13.5. The third-order valence-electron chi connectivity index (χ3n) is 8.63. The molecule has 1 aromatic rings. The quantitative estimate of drug-likeness (QED) is 0.0526. The van der Waals surface area contributed by atoms with Gasteiger partial charge in [-0.3, -0.25) is 4.79 Å². The van der Waals surface area contributed by atoms with Crippen molar-refractivity contribution in [3.8, 4) is 11.5 Å². The molecule has 46 heavy (non-hydrogen) atoms. The third-order valence-corrected chi connectivity index (χ3v) is 8.63. The lowest BCUT2D eigenvalue weighted by atomic mass is 10.1. The highest BCUT2D eigenvalue weighted by Gasteiger charge is 2.13. The molecule has 0 bridgehead atoms. The first-order chi connectivity index (χ1) is 21.9. The summed E-state index contributed by atoms with van der Waals surface area (Å²) in [5, 5.41) is 12.2. The second kappa shape index (κ2) is 30.7. The first-order valence-corrected chi connectivity index (χ1v) is 18.7. The van der Waals surface area contributed by atoms with Crippen LogP contribution in [0.2, 0.25) is 0 Å². The Morgan fingerprint density at radius 2 is 1.15 bits per heavy atom. The summed E-state index contributed by atoms with van der Waals surface area (Å²) in [4.78, 5) is 12.4. The normalized spacial score (nSPS) is 11.5. The van der Waals surface area contributed by atoms with Crippen LogP contribution in [-0.4, -0.2) is 69.0 Å². The Morgan fingerprint density at radius 3 is 1.63 bits per heavy atom. The predicted octanol–water partition coefficient (Wildman–Crippen LogP) is 6.49. The first-order valence-electron chi connectivity index (χ1n) is 18.7. The number of amides is 1. The fraction of sp³-hybridized carbons (Fsp3) is 0.769. The fourth-order valence-electron chi connectivity index (χ4n) is 5.50. The van der Waals surface area contributed by atoms with Gasteiger partial charge in [0.15, 0.2) is 11.5 Å². The topological polar surface area (TPSA) is 67.8 Å². The molecule has 0 radical (unpaired) electrons. The van der Waals surface area contributed by atoms with Gasteiger partial charge in [-0.1, -0.05) is 135 Å². The number of aliphatic hydroxyl groups is 1. The summed E-state index contributed by atoms with van der Waals surface area (Å²) in [5.41, 5.74) is 0.922. The molecule has 0 aliphatic carbocycles. The van der Waals surface area contributed by atoms with Crippen molar-refractivity contribution in [2.24, 2.45) is 0 Å². The minimum atomic E-state index is -0.117. The molecule has 0 aliphatic rings. The van der Waals surface area contributed by atoms with Crippen molar-refractivity contribution in [1.29, 1.82) is 0 Å². The van der Waals surface area contributed by atoms with E-state index >= 15 is 0 Å². The van der Waals surface area contributed by atoms with Crippen molar-refractivity contribution in [2.75, 3.05) is 53.6 Å². The van der Waals surface area contributed by atoms with E-state index in [1.54, 1.807) is 6.08 Å². The SMILES string of the molecule is CCCCCCCCCCCCOc1ccc(C=CC(=O)NCC[N+](C)(C)CCO)cc1OCCCCCCCCCCCC.[Br-]. The Bertz CT molecular complexity index is 878. The molecule has 0 aliphatic heterocycles. The van der Waals surface area contributed by atoms with E-state index in [1.807, 2.05) is 24.3 Å². The van der Waals surface area contributed by atoms with Crippen LogP contribution in [0.25, 0.3) is 6.08 Å². The van der Waals surface area contributed by atoms with E-state index < -0.39 is 0 Å². The third kappa shape index (κ3) is 25.5. The van der Waals surface area contributed by atoms with Gasteiger partial charge in [0.05, 0.1) is 47.0 Å². The Balaban J connectivity index is 0.0000202. The zero-order chi connectivity index (χ0) is 32.9. The first kappa shape index (κ1) is 44.4. The molecule has 1 aromatic carbocycles. The number of likely N-dealkylation sites (N-methyl/N-ethyl adjacent to an activating group) is 1. The van der Waals surface area contributed by atoms with E-state index in [0.717, 1.165) is 36.4 Å². The average Bonchev–Trinajstić information content (AvgIpc) is 3.02. The van der Waals surface area contributed by atoms with Crippen LogP contribution < -0.4 is 31.8 Å². The van der Waals surface area contributed by atoms with Gasteiger partial charge in [-0.15, -0.1) is 0 Å². The highest BCUT2D eigenvalue weighted by Crippen LogP contribution is 2.30. The number of nitrogens with one attached hydrogen (secondary N) is 1. The van der Waals surface area contributed by atoms with Crippen LogP contribution in [0.3, 0.4) is 0 Å². The number of carbonyl (C=O) groups is 1. The van der Waals surface area contributed by atoms with Crippen LogP contribution in [0.4, 0.5) is 0 Å². The molecule has 6 nitrogen and oxygen atoms in total. The fourth-order valence-corrected chi connectivity index (χ4v) is 5.50. The minimum absolute atomic E-state index is 0. The molecule has 0 aromatic heterocycles. The highest BCUT2D eigenvalue weighted by molar-refractivity contribution is 5.91. The standard InChI is InChI=1S/C39H70N2O4.BrH/c1-5-7-9-11-13-15-17-19-21-23-33-44-37-27-25-36(26-28-39(43)40-29-30-41(3,4)31-32-42)35-38(37)45-34-24-22-20-18-16-14-12-10-8-6-2;/h25-28,35,42H,5-24,29-34H2,1-4H3;1H. The van der Waals surface area contributed by atoms with Gasteiger partial charge in [-0.25, -0.2) is 0 Å². The molecular weight excluding hydrogens is 640 g/mol. The number of rotatable bonds is 31. The number of ether oxygens (including phenoxy) is 2. The maximum Gasteiger partial charge on any atom is 0.244 e. The molecule has 0 saturated carbocycles. The smallest absolute Gasteiger partial charge is 0.244 e. The molecule has 0 heterocycles. The summed E-state index contributed by atoms with van der Waals surface area (Å²) in [7, 11) is 4.10. The van der Waals surface area contributed by atoms with Gasteiger partial charge in [-0.05, 0) is 36.6 Å². The largest absolute Gasteiger partial charge is 1.00 e. The van der Waals surface area contributed by atoms with Crippen LogP contribution in [0, 0.1) is 0 Å². The van der Waals surface area contributed by atoms with E-state index in [2.05, 4.69) is 33.3 Å². The van der Waals surface area contributed by atoms with Gasteiger partial charge in [0.25, 0.3) is 0 Å². The maximum atomic E-state index is 12.4. The van der Waals surface area contributed by atoms with Gasteiger partial charge in [0, 0.05) is 6.08 Å². The number of quaternary nitrogens is 1. The predicted molar refractivity (Wildman–Crippen MR) is 192 cm³/mol. The molecule has 268 valence electrons. The summed E-state index contributed by atoms with van der Waals surface area (Å²) in [6.45, 7) is 8.07. The van der Waals surface area contributed by atoms with Crippen molar-refractivity contribution in [3.05, 3.63) is 29.8 Å². The molecule has 7 heteroatoms. The Hall–Kier alpha value is -1.57. The number of carbonyl (C=O) groups excluding carboxylic acids is 1. The van der Waals surface area contributed by atoms with E-state index in [4.69, 9.17) is 9.47 Å². The summed E-state index contributed by atoms with van der Waals surface area (Å²) in [6.07, 6.45) is 29.5. The van der Waals surface area contributed by atoms with Gasteiger partial charge in [0.1, 0.15) is 6.54 Å². The zero-order valence-corrected chi connectivity index (χ0v) is 31.9. The van der Waals surface area contributed by atoms with Crippen LogP contribution in [-0.2, 0) is 4.79 Å². The molecular formula is C39H71BrN2O4. The average molecular weight is 712 g/mol. The highest BCUT2D eigenvalue weighted by atomic mass is 79.9. The Kier molecular flexibility index (Phi) is 29.7. The van der Waals surface area contributed by atoms with E-state index in [-0.39, 0.29) is 29.5 Å². The number of halogens is 1. The zero-order valence-electron chi connectivity index (χ0n) is 30.3. The number of nitrogens with zero attached hydrogens (tertiary/aromatic N) is 1. The molecule has 1 rings (SSSR count). The Labute approximate surface area is 294 Å². The molecule has 0 unspecified atom stereocenters. The lowest BCUT2D eigenvalue weighted by molar-refractivity contribution is -0.889. The summed E-state index contributed by atoms with van der Waals surface area (Å²) < 4.78 is 13.1. The van der Waals surface area contributed by atoms with Crippen LogP contribution in [0.1, 0.15) is 148 Å². The van der Waals surface area contributed by atoms with Crippen LogP contribution >= 0.6 is 0 Å². The van der Waals surface area contributed by atoms with Crippen LogP contribution in [0.5, 0.6) is 11.5 Å². The van der Waals surface area contributed by atoms with E-state index in [9.17, 15) is 9.90 Å². The molecule has 0 spiro atoms. The summed E-state index contributed by atoms with van der Waals surface area (Å²) in [6, 6.07) is 5.97. The van der Waals surface area contributed by atoms with Crippen LogP contribution in [0.15, 0.2) is 24.3 Å². The van der Waals surface area contributed by atoms with E-state index in [1.165, 1.54) is 116 Å². The van der Waals surface area contributed by atoms with E-state index in [0.29, 0.717) is 30.8 Å². The lowest BCUT2D eigenvalue weighted by Gasteiger charge is -2.28. The molecule has 0 fully saturated rings. The minimum Gasteiger partial charge on any atom is -1.00 e. The van der Waals surface area contributed by atoms with Gasteiger partial charge in [0.2, 0.25) is 5.91 Å². The van der Waals surface area contributed by atoms with Crippen molar-refractivity contribution < 1.29 is 40.8 Å². The molecule has 2 N–H and O–H groups in total. The van der Waals surface area contributed by atoms with Crippen molar-refractivity contribution >= 4 is 12.0 Å². The van der Waals surface area contributed by atoms with Gasteiger partial charge in [-0.2, -0.15) is 0 Å². The summed E-state index contributed by atoms with van der Waals surface area (Å²) in [5.74, 6) is 1.44. The molecule has 0 atom stereocenters. The summed E-state index contributed by atoms with van der Waals surface area (Å²) >= 11 is 0. The lowest BCUT2D eigenvalue weighted by Crippen LogP contribution is -3.00. The van der Waals surface area contributed by atoms with Gasteiger partial charge >= 0.3 is 0 Å². The Morgan fingerprint density at radius 1 is 0.696 bits per heavy atom. The van der Waals surface area contributed by atoms with Crippen molar-refractivity contribution in [1.82, 2.24) is 5.32 Å². The van der Waals surface area contributed by atoms with Gasteiger partial charge < -0.3 is 41.4 Å². The van der Waals surface area contributed by atoms with Crippen molar-refractivity contribution in [2.45, 2.75) is 142 Å². The number of hydrogen-bond acceptors (Lipinski definition) is 4. The monoisotopic (exact) mass is 710 g/mol. The number of aliphatic hydroxyl groups excluding tert-OH is 1.